The molecule has 9 rings (SSSR count). The highest BCUT2D eigenvalue weighted by Crippen LogP contribution is 2.68. The highest BCUT2D eigenvalue weighted by molar-refractivity contribution is 7.66. The molecule has 0 aliphatic carbocycles. The molecule has 4 aliphatic heterocycles. The molecule has 0 radical (unpaired) electrons. The summed E-state index contributed by atoms with van der Waals surface area (Å²) in [4.78, 5) is 74.0. The largest absolute Gasteiger partial charge is 0.490 e. The van der Waals surface area contributed by atoms with E-state index in [-0.39, 0.29) is 64.6 Å². The molecular weight excluding hydrogens is 1160 g/mol. The SMILES string of the molecule is CCN1c2cc3c(cc2C(C)CC1(C)C)C(c1ccccc1C(=O)N(C)CCCC(=O)NCCCCCCOP(=O)(O)OP(=O)(O)OP(=O)(O)OC[C@H]1O[C@@H](n2cnc4c(N)ncnc42)[C@H](O)[C@@H]1O)=c1cc2c(cc1O3)=[N+](CC)C(C)(C)CC2C. The number of rotatable bonds is 24. The van der Waals surface area contributed by atoms with Crippen molar-refractivity contribution in [3.63, 3.8) is 0 Å². The number of anilines is 2. The molecule has 8 N–H and O–H groups in total. The molecule has 5 unspecified atom stereocenters. The van der Waals surface area contributed by atoms with Gasteiger partial charge in [-0.25, -0.2) is 33.2 Å². The van der Waals surface area contributed by atoms with E-state index in [9.17, 15) is 48.2 Å². The van der Waals surface area contributed by atoms with Crippen LogP contribution in [0.2, 0.25) is 0 Å². The van der Waals surface area contributed by atoms with Crippen LogP contribution in [-0.2, 0) is 40.9 Å². The molecule has 25 nitrogen and oxygen atoms in total. The summed E-state index contributed by atoms with van der Waals surface area (Å²) in [5, 5.41) is 26.2. The number of nitrogens with zero attached hydrogens (tertiary/aromatic N) is 7. The van der Waals surface area contributed by atoms with Gasteiger partial charge in [0, 0.05) is 84.3 Å². The number of carbonyl (C=O) groups excluding carboxylic acids is 2. The van der Waals surface area contributed by atoms with Crippen LogP contribution < -0.4 is 35.8 Å². The van der Waals surface area contributed by atoms with Crippen LogP contribution in [0.4, 0.5) is 11.5 Å². The van der Waals surface area contributed by atoms with Crippen molar-refractivity contribution in [3.05, 3.63) is 99.6 Å². The third-order valence-electron chi connectivity index (χ3n) is 16.5. The van der Waals surface area contributed by atoms with Crippen LogP contribution in [0.5, 0.6) is 11.5 Å². The van der Waals surface area contributed by atoms with Gasteiger partial charge in [-0.15, -0.1) is 0 Å². The molecule has 1 saturated heterocycles. The average molecular weight is 1240 g/mol. The Morgan fingerprint density at radius 2 is 1.55 bits per heavy atom. The Hall–Kier alpha value is -5.49. The number of unbranched alkanes of at least 4 members (excludes halogenated alkanes) is 3. The lowest BCUT2D eigenvalue weighted by molar-refractivity contribution is -0.121. The van der Waals surface area contributed by atoms with E-state index < -0.39 is 61.2 Å². The van der Waals surface area contributed by atoms with Gasteiger partial charge in [0.1, 0.15) is 48.2 Å². The van der Waals surface area contributed by atoms with Gasteiger partial charge in [0.25, 0.3) is 5.91 Å². The lowest BCUT2D eigenvalue weighted by atomic mass is 9.77. The van der Waals surface area contributed by atoms with Crippen LogP contribution in [-0.4, -0.2) is 137 Å². The van der Waals surface area contributed by atoms with E-state index in [0.29, 0.717) is 44.3 Å². The maximum absolute atomic E-state index is 14.7. The predicted octanol–water partition coefficient (Wildman–Crippen LogP) is 6.89. The number of carbonyl (C=O) groups is 2. The van der Waals surface area contributed by atoms with E-state index in [1.54, 1.807) is 11.9 Å². The van der Waals surface area contributed by atoms with Crippen LogP contribution >= 0.6 is 23.5 Å². The number of fused-ring (bicyclic) bond motifs is 5. The quantitative estimate of drug-likeness (QED) is 0.0184. The number of nitrogens with one attached hydrogen (secondary N) is 1. The Balaban J connectivity index is 0.743. The van der Waals surface area contributed by atoms with E-state index in [0.717, 1.165) is 65.7 Å². The normalized spacial score (nSPS) is 23.4. The summed E-state index contributed by atoms with van der Waals surface area (Å²) in [6.07, 6.45) is 0.522. The zero-order chi connectivity index (χ0) is 61.6. The number of amides is 2. The second-order valence-corrected chi connectivity index (χ2v) is 28.2. The molecule has 0 spiro atoms. The van der Waals surface area contributed by atoms with Gasteiger partial charge in [-0.3, -0.25) is 23.2 Å². The Kier molecular flexibility index (Phi) is 19.1. The lowest BCUT2D eigenvalue weighted by Gasteiger charge is -2.47. The number of nitrogens with two attached hydrogens (primary N) is 1. The van der Waals surface area contributed by atoms with Crippen molar-refractivity contribution in [2.75, 3.05) is 57.1 Å². The summed E-state index contributed by atoms with van der Waals surface area (Å²) in [6.45, 7) is 19.1. The number of hydrogen-bond acceptors (Lipinski definition) is 18. The van der Waals surface area contributed by atoms with Crippen molar-refractivity contribution in [3.8, 4) is 11.5 Å². The number of phosphoric ester groups is 2. The van der Waals surface area contributed by atoms with E-state index in [1.165, 1.54) is 33.1 Å². The third kappa shape index (κ3) is 13.8. The number of aliphatic hydroxyl groups excluding tert-OH is 2. The van der Waals surface area contributed by atoms with Gasteiger partial charge in [-0.2, -0.15) is 8.62 Å². The minimum atomic E-state index is -5.80. The first kappa shape index (κ1) is 64.0. The molecule has 2 aromatic heterocycles. The summed E-state index contributed by atoms with van der Waals surface area (Å²) in [5.41, 5.74) is 13.0. The molecule has 2 amide bonds. The molecule has 3 aromatic carbocycles. The molecule has 6 heterocycles. The fourth-order valence-electron chi connectivity index (χ4n) is 12.7. The zero-order valence-electron chi connectivity index (χ0n) is 49.4. The van der Waals surface area contributed by atoms with Gasteiger partial charge in [-0.1, -0.05) is 44.9 Å². The summed E-state index contributed by atoms with van der Waals surface area (Å²) in [6, 6.07) is 16.8. The van der Waals surface area contributed by atoms with Crippen molar-refractivity contribution in [2.45, 2.75) is 154 Å². The first-order chi connectivity index (χ1) is 40.1. The number of ether oxygens (including phenoxy) is 2. The minimum Gasteiger partial charge on any atom is -0.456 e. The fraction of sp³-hybridized carbons (Fsp3) is 0.544. The topological polar surface area (TPSA) is 333 Å². The second-order valence-electron chi connectivity index (χ2n) is 23.6. The molecule has 4 aliphatic rings. The number of aliphatic hydroxyl groups is 2. The van der Waals surface area contributed by atoms with Crippen molar-refractivity contribution in [1.82, 2.24) is 34.3 Å². The Morgan fingerprint density at radius 1 is 0.847 bits per heavy atom. The number of aromatic nitrogens is 4. The van der Waals surface area contributed by atoms with E-state index in [1.807, 2.05) is 24.3 Å². The van der Waals surface area contributed by atoms with E-state index >= 15 is 0 Å². The van der Waals surface area contributed by atoms with Crippen LogP contribution in [0.25, 0.3) is 16.7 Å². The standard InChI is InChI=1S/C57H78N9O16P3/c1-10-65-42-27-44-40(25-38(42)34(3)29-56(65,5)6)48(41-26-39-35(4)30-57(7,8)66(11-2)43(39)28-45(41)79-44)36-19-14-15-20-37(36)54(70)63(9)23-18-21-47(67)59-22-16-12-13-17-24-77-83(71,72)81-85(75,76)82-84(73,74)78-31-46-50(68)51(69)55(80-46)64-33-62-49-52(58)60-32-61-53(49)64/h14-15,19-20,25-28,32-35,46,50-51,55,68-69H,10-13,16-18,21-24,29-31H2,1-9H3,(H5-,58,59,60,61,67,71,72,73,74,75,76)/p+1/t34?,35?,46-,50-,51-,55-/m1/s1. The smallest absolute Gasteiger partial charge is 0.456 e. The van der Waals surface area contributed by atoms with Crippen LogP contribution in [0, 0.1) is 0 Å². The molecular formula is C57H79N9O16P3+. The Labute approximate surface area is 493 Å². The van der Waals surface area contributed by atoms with Crippen molar-refractivity contribution in [2.24, 2.45) is 0 Å². The molecule has 1 fully saturated rings. The molecule has 5 aromatic rings. The Bertz CT molecular complexity index is 3640. The molecule has 9 atom stereocenters. The number of phosphoric acid groups is 3. The molecule has 85 heavy (non-hydrogen) atoms. The number of benzene rings is 3. The number of imidazole rings is 1. The van der Waals surface area contributed by atoms with Crippen LogP contribution in [0.3, 0.4) is 0 Å². The van der Waals surface area contributed by atoms with Crippen molar-refractivity contribution < 1.29 is 75.3 Å². The second kappa shape index (κ2) is 25.3. The number of hydrogen-bond donors (Lipinski definition) is 7. The molecule has 28 heteroatoms. The molecule has 462 valence electrons. The highest BCUT2D eigenvalue weighted by Gasteiger charge is 2.48. The molecule has 0 bridgehead atoms. The maximum atomic E-state index is 14.7. The van der Waals surface area contributed by atoms with Crippen molar-refractivity contribution in [1.29, 1.82) is 0 Å². The maximum Gasteiger partial charge on any atom is 0.490 e. The Morgan fingerprint density at radius 3 is 2.28 bits per heavy atom. The summed E-state index contributed by atoms with van der Waals surface area (Å²) < 4.78 is 71.8. The highest BCUT2D eigenvalue weighted by atomic mass is 31.3. The van der Waals surface area contributed by atoms with Gasteiger partial charge in [0.05, 0.1) is 25.6 Å². The van der Waals surface area contributed by atoms with Crippen LogP contribution in [0.15, 0.2) is 61.2 Å². The third-order valence-corrected chi connectivity index (χ3v) is 20.8. The van der Waals surface area contributed by atoms with Gasteiger partial charge in [-0.05, 0) is 108 Å². The first-order valence-electron chi connectivity index (χ1n) is 28.8. The van der Waals surface area contributed by atoms with E-state index in [4.69, 9.17) is 24.3 Å². The van der Waals surface area contributed by atoms with E-state index in [2.05, 4.69) is 118 Å². The van der Waals surface area contributed by atoms with Gasteiger partial charge >= 0.3 is 23.5 Å². The zero-order valence-corrected chi connectivity index (χ0v) is 52.1. The number of nitrogen functional groups attached to an aromatic ring is 1. The van der Waals surface area contributed by atoms with Crippen molar-refractivity contribution >= 4 is 63.5 Å². The summed E-state index contributed by atoms with van der Waals surface area (Å²) in [7, 11) is -14.9. The average Bonchev–Trinajstić information content (AvgIpc) is 1.58. The summed E-state index contributed by atoms with van der Waals surface area (Å²) >= 11 is 0. The lowest BCUT2D eigenvalue weighted by Crippen LogP contribution is -2.52. The first-order valence-corrected chi connectivity index (χ1v) is 33.3. The predicted molar refractivity (Wildman–Crippen MR) is 316 cm³/mol. The van der Waals surface area contributed by atoms with Gasteiger partial charge in [0.15, 0.2) is 23.2 Å². The monoisotopic (exact) mass is 1240 g/mol. The van der Waals surface area contributed by atoms with Crippen LogP contribution in [0.1, 0.15) is 157 Å². The van der Waals surface area contributed by atoms with Gasteiger partial charge < -0.3 is 55.2 Å². The minimum absolute atomic E-state index is 0.0344. The molecule has 0 saturated carbocycles. The summed E-state index contributed by atoms with van der Waals surface area (Å²) in [5.74, 6) is 1.75. The van der Waals surface area contributed by atoms with Gasteiger partial charge in [0.2, 0.25) is 11.3 Å². The fourth-order valence-corrected chi connectivity index (χ4v) is 16.3.